The van der Waals surface area contributed by atoms with Gasteiger partial charge >= 0.3 is 0 Å². The van der Waals surface area contributed by atoms with E-state index in [0.29, 0.717) is 6.04 Å². The molecule has 0 spiro atoms. The van der Waals surface area contributed by atoms with Gasteiger partial charge in [0.1, 0.15) is 5.82 Å². The van der Waals surface area contributed by atoms with Crippen molar-refractivity contribution in [2.75, 3.05) is 25.0 Å². The summed E-state index contributed by atoms with van der Waals surface area (Å²) in [6, 6.07) is 4.61. The molecular formula is C13H20BrN3. The Bertz CT molecular complexity index is 333. The number of hydrogen-bond acceptors (Lipinski definition) is 3. The Morgan fingerprint density at radius 3 is 2.76 bits per heavy atom. The lowest BCUT2D eigenvalue weighted by Gasteiger charge is -2.32. The van der Waals surface area contributed by atoms with Gasteiger partial charge in [0.15, 0.2) is 0 Å². The zero-order valence-electron chi connectivity index (χ0n) is 10.3. The van der Waals surface area contributed by atoms with Crippen molar-refractivity contribution in [1.29, 1.82) is 0 Å². The minimum atomic E-state index is 0.584. The molecule has 0 radical (unpaired) electrons. The van der Waals surface area contributed by atoms with Crippen molar-refractivity contribution >= 4 is 21.7 Å². The molecule has 4 heteroatoms. The zero-order valence-corrected chi connectivity index (χ0v) is 11.9. The highest BCUT2D eigenvalue weighted by Crippen LogP contribution is 2.13. The third-order valence-corrected chi connectivity index (χ3v) is 3.79. The SMILES string of the molecule is CC(CNc1ccc(Br)cn1)N1CCCCC1. The first-order valence-corrected chi connectivity index (χ1v) is 7.14. The number of likely N-dealkylation sites (tertiary alicyclic amines) is 1. The van der Waals surface area contributed by atoms with E-state index in [1.54, 1.807) is 0 Å². The van der Waals surface area contributed by atoms with Crippen LogP contribution >= 0.6 is 15.9 Å². The van der Waals surface area contributed by atoms with Gasteiger partial charge in [0.2, 0.25) is 0 Å². The molecule has 0 amide bonds. The summed E-state index contributed by atoms with van der Waals surface area (Å²) in [5.41, 5.74) is 0. The molecule has 2 heterocycles. The summed E-state index contributed by atoms with van der Waals surface area (Å²) in [6.07, 6.45) is 5.92. The minimum Gasteiger partial charge on any atom is -0.369 e. The summed E-state index contributed by atoms with van der Waals surface area (Å²) in [7, 11) is 0. The minimum absolute atomic E-state index is 0.584. The number of anilines is 1. The lowest BCUT2D eigenvalue weighted by molar-refractivity contribution is 0.180. The first kappa shape index (κ1) is 12.8. The topological polar surface area (TPSA) is 28.2 Å². The maximum Gasteiger partial charge on any atom is 0.126 e. The predicted molar refractivity (Wildman–Crippen MR) is 75.3 cm³/mol. The molecule has 1 atom stereocenters. The fourth-order valence-corrected chi connectivity index (χ4v) is 2.46. The number of hydrogen-bond donors (Lipinski definition) is 1. The van der Waals surface area contributed by atoms with E-state index in [9.17, 15) is 0 Å². The van der Waals surface area contributed by atoms with Gasteiger partial charge in [-0.2, -0.15) is 0 Å². The number of rotatable bonds is 4. The van der Waals surface area contributed by atoms with Crippen molar-refractivity contribution in [2.45, 2.75) is 32.2 Å². The number of nitrogens with zero attached hydrogens (tertiary/aromatic N) is 2. The zero-order chi connectivity index (χ0) is 12.1. The molecule has 0 bridgehead atoms. The molecule has 1 aliphatic rings. The molecule has 1 aromatic heterocycles. The summed E-state index contributed by atoms with van der Waals surface area (Å²) in [5.74, 6) is 0.956. The van der Waals surface area contributed by atoms with Crippen LogP contribution in [0.25, 0.3) is 0 Å². The van der Waals surface area contributed by atoms with Gasteiger partial charge in [0, 0.05) is 23.3 Å². The van der Waals surface area contributed by atoms with Gasteiger partial charge in [-0.05, 0) is 60.9 Å². The van der Waals surface area contributed by atoms with Crippen LogP contribution in [-0.2, 0) is 0 Å². The first-order chi connectivity index (χ1) is 8.25. The molecule has 1 N–H and O–H groups in total. The van der Waals surface area contributed by atoms with Crippen LogP contribution in [0.5, 0.6) is 0 Å². The van der Waals surface area contributed by atoms with E-state index < -0.39 is 0 Å². The van der Waals surface area contributed by atoms with Crippen LogP contribution in [0, 0.1) is 0 Å². The standard InChI is InChI=1S/C13H20BrN3/c1-11(17-7-3-2-4-8-17)9-15-13-6-5-12(14)10-16-13/h5-6,10-11H,2-4,7-9H2,1H3,(H,15,16). The van der Waals surface area contributed by atoms with Crippen LogP contribution in [0.3, 0.4) is 0 Å². The van der Waals surface area contributed by atoms with Crippen molar-refractivity contribution in [3.63, 3.8) is 0 Å². The summed E-state index contributed by atoms with van der Waals surface area (Å²) >= 11 is 3.39. The van der Waals surface area contributed by atoms with Crippen molar-refractivity contribution in [1.82, 2.24) is 9.88 Å². The van der Waals surface area contributed by atoms with Gasteiger partial charge in [-0.25, -0.2) is 4.98 Å². The Morgan fingerprint density at radius 1 is 1.35 bits per heavy atom. The number of pyridine rings is 1. The molecule has 17 heavy (non-hydrogen) atoms. The third-order valence-electron chi connectivity index (χ3n) is 3.32. The van der Waals surface area contributed by atoms with Gasteiger partial charge in [0.25, 0.3) is 0 Å². The number of nitrogens with one attached hydrogen (secondary N) is 1. The van der Waals surface area contributed by atoms with Crippen molar-refractivity contribution in [3.05, 3.63) is 22.8 Å². The van der Waals surface area contributed by atoms with Crippen LogP contribution in [0.1, 0.15) is 26.2 Å². The number of piperidine rings is 1. The van der Waals surface area contributed by atoms with Crippen LogP contribution < -0.4 is 5.32 Å². The van der Waals surface area contributed by atoms with Crippen LogP contribution in [0.15, 0.2) is 22.8 Å². The Kier molecular flexibility index (Phi) is 4.80. The molecule has 1 aromatic rings. The van der Waals surface area contributed by atoms with Gasteiger partial charge in [-0.1, -0.05) is 6.42 Å². The lowest BCUT2D eigenvalue weighted by atomic mass is 10.1. The highest BCUT2D eigenvalue weighted by molar-refractivity contribution is 9.10. The van der Waals surface area contributed by atoms with Crippen molar-refractivity contribution in [3.8, 4) is 0 Å². The molecule has 1 unspecified atom stereocenters. The fraction of sp³-hybridized carbons (Fsp3) is 0.615. The van der Waals surface area contributed by atoms with E-state index in [4.69, 9.17) is 0 Å². The number of aromatic nitrogens is 1. The van der Waals surface area contributed by atoms with E-state index in [0.717, 1.165) is 16.8 Å². The first-order valence-electron chi connectivity index (χ1n) is 6.35. The monoisotopic (exact) mass is 297 g/mol. The maximum atomic E-state index is 4.32. The van der Waals surface area contributed by atoms with Gasteiger partial charge < -0.3 is 5.32 Å². The van der Waals surface area contributed by atoms with Crippen LogP contribution in [-0.4, -0.2) is 35.6 Å². The fourth-order valence-electron chi connectivity index (χ4n) is 2.22. The summed E-state index contributed by atoms with van der Waals surface area (Å²) in [6.45, 7) is 5.75. The normalized spacial score (nSPS) is 18.9. The second kappa shape index (κ2) is 6.36. The highest BCUT2D eigenvalue weighted by Gasteiger charge is 2.16. The number of halogens is 1. The molecule has 1 aliphatic heterocycles. The third kappa shape index (κ3) is 3.96. The predicted octanol–water partition coefficient (Wildman–Crippen LogP) is 3.13. The van der Waals surface area contributed by atoms with E-state index in [-0.39, 0.29) is 0 Å². The average molecular weight is 298 g/mol. The average Bonchev–Trinajstić information content (AvgIpc) is 2.39. The smallest absolute Gasteiger partial charge is 0.126 e. The molecule has 2 rings (SSSR count). The summed E-state index contributed by atoms with van der Waals surface area (Å²) in [5, 5.41) is 3.40. The van der Waals surface area contributed by atoms with Crippen molar-refractivity contribution in [2.24, 2.45) is 0 Å². The van der Waals surface area contributed by atoms with Crippen LogP contribution in [0.2, 0.25) is 0 Å². The van der Waals surface area contributed by atoms with Gasteiger partial charge in [-0.15, -0.1) is 0 Å². The molecule has 1 saturated heterocycles. The Morgan fingerprint density at radius 2 is 2.12 bits per heavy atom. The summed E-state index contributed by atoms with van der Waals surface area (Å²) in [4.78, 5) is 6.88. The van der Waals surface area contributed by atoms with Gasteiger partial charge in [-0.3, -0.25) is 4.90 Å². The Labute approximate surface area is 112 Å². The molecule has 0 saturated carbocycles. The van der Waals surface area contributed by atoms with E-state index in [2.05, 4.69) is 38.1 Å². The quantitative estimate of drug-likeness (QED) is 0.925. The van der Waals surface area contributed by atoms with Gasteiger partial charge in [0.05, 0.1) is 0 Å². The molecule has 0 aromatic carbocycles. The van der Waals surface area contributed by atoms with E-state index in [1.807, 2.05) is 18.3 Å². The Balaban J connectivity index is 1.78. The molecule has 0 aliphatic carbocycles. The second-order valence-electron chi connectivity index (χ2n) is 4.69. The van der Waals surface area contributed by atoms with Crippen LogP contribution in [0.4, 0.5) is 5.82 Å². The Hall–Kier alpha value is -0.610. The highest BCUT2D eigenvalue weighted by atomic mass is 79.9. The molecule has 94 valence electrons. The lowest BCUT2D eigenvalue weighted by Crippen LogP contribution is -2.41. The second-order valence-corrected chi connectivity index (χ2v) is 5.60. The molecule has 3 nitrogen and oxygen atoms in total. The summed E-state index contributed by atoms with van der Waals surface area (Å²) < 4.78 is 1.02. The van der Waals surface area contributed by atoms with Crippen molar-refractivity contribution < 1.29 is 0 Å². The van der Waals surface area contributed by atoms with E-state index in [1.165, 1.54) is 32.4 Å². The molecule has 1 fully saturated rings. The maximum absolute atomic E-state index is 4.32. The van der Waals surface area contributed by atoms with E-state index >= 15 is 0 Å². The largest absolute Gasteiger partial charge is 0.369 e. The molecular weight excluding hydrogens is 278 g/mol.